The molecule has 0 saturated carbocycles. The molecule has 0 saturated heterocycles. The highest BCUT2D eigenvalue weighted by Gasteiger charge is 2.28. The van der Waals surface area contributed by atoms with Crippen molar-refractivity contribution in [2.45, 2.75) is 12.7 Å². The Morgan fingerprint density at radius 1 is 1.39 bits per heavy atom. The predicted molar refractivity (Wildman–Crippen MR) is 58.9 cm³/mol. The van der Waals surface area contributed by atoms with E-state index in [0.29, 0.717) is 5.56 Å². The number of hydrogen-bond donors (Lipinski definition) is 2. The fourth-order valence-corrected chi connectivity index (χ4v) is 1.18. The Bertz CT molecular complexity index is 408. The monoisotopic (exact) mass is 262 g/mol. The van der Waals surface area contributed by atoms with E-state index in [-0.39, 0.29) is 24.7 Å². The number of rotatable bonds is 5. The van der Waals surface area contributed by atoms with E-state index >= 15 is 0 Å². The summed E-state index contributed by atoms with van der Waals surface area (Å²) in [5, 5.41) is 2.51. The number of benzene rings is 1. The standard InChI is InChI=1S/C11H13F3N2O2/c12-11(13,14)7-18-9-3-1-2-8(4-9)6-16-10(17)5-15/h1-4H,5-7,15H2,(H,16,17). The van der Waals surface area contributed by atoms with E-state index in [1.165, 1.54) is 12.1 Å². The van der Waals surface area contributed by atoms with Crippen LogP contribution in [0.1, 0.15) is 5.56 Å². The van der Waals surface area contributed by atoms with Gasteiger partial charge in [-0.15, -0.1) is 0 Å². The molecule has 0 atom stereocenters. The number of hydrogen-bond acceptors (Lipinski definition) is 3. The number of halogens is 3. The zero-order valence-electron chi connectivity index (χ0n) is 9.46. The molecular weight excluding hydrogens is 249 g/mol. The summed E-state index contributed by atoms with van der Waals surface area (Å²) < 4.78 is 40.4. The Labute approximate surface area is 102 Å². The largest absolute Gasteiger partial charge is 0.484 e. The van der Waals surface area contributed by atoms with Crippen LogP contribution in [0, 0.1) is 0 Å². The predicted octanol–water partition coefficient (Wildman–Crippen LogP) is 1.20. The first-order chi connectivity index (χ1) is 8.40. The Hall–Kier alpha value is -1.76. The zero-order chi connectivity index (χ0) is 13.6. The minimum atomic E-state index is -4.37. The van der Waals surface area contributed by atoms with Gasteiger partial charge in [-0.05, 0) is 17.7 Å². The molecule has 0 aromatic heterocycles. The number of nitrogens with one attached hydrogen (secondary N) is 1. The lowest BCUT2D eigenvalue weighted by Gasteiger charge is -2.10. The highest BCUT2D eigenvalue weighted by Crippen LogP contribution is 2.19. The van der Waals surface area contributed by atoms with Crippen molar-refractivity contribution in [2.24, 2.45) is 5.73 Å². The van der Waals surface area contributed by atoms with Crippen LogP contribution in [0.15, 0.2) is 24.3 Å². The molecule has 0 radical (unpaired) electrons. The second-order valence-electron chi connectivity index (χ2n) is 3.53. The Balaban J connectivity index is 2.54. The molecule has 0 bridgehead atoms. The number of alkyl halides is 3. The van der Waals surface area contributed by atoms with Crippen molar-refractivity contribution in [1.82, 2.24) is 5.32 Å². The first-order valence-corrected chi connectivity index (χ1v) is 5.16. The summed E-state index contributed by atoms with van der Waals surface area (Å²) in [6, 6.07) is 6.06. The third kappa shape index (κ3) is 5.53. The number of amides is 1. The van der Waals surface area contributed by atoms with Gasteiger partial charge < -0.3 is 15.8 Å². The van der Waals surface area contributed by atoms with E-state index in [0.717, 1.165) is 0 Å². The molecule has 0 spiro atoms. The maximum absolute atomic E-state index is 11.9. The van der Waals surface area contributed by atoms with Gasteiger partial charge in [0.1, 0.15) is 5.75 Å². The van der Waals surface area contributed by atoms with Gasteiger partial charge in [0.15, 0.2) is 6.61 Å². The number of carbonyl (C=O) groups is 1. The van der Waals surface area contributed by atoms with E-state index < -0.39 is 12.8 Å². The van der Waals surface area contributed by atoms with E-state index in [1.54, 1.807) is 12.1 Å². The first-order valence-electron chi connectivity index (χ1n) is 5.16. The maximum Gasteiger partial charge on any atom is 0.422 e. The minimum absolute atomic E-state index is 0.104. The van der Waals surface area contributed by atoms with Gasteiger partial charge in [-0.3, -0.25) is 4.79 Å². The molecule has 0 aliphatic rings. The highest BCUT2D eigenvalue weighted by molar-refractivity contribution is 5.77. The Morgan fingerprint density at radius 2 is 2.11 bits per heavy atom. The van der Waals surface area contributed by atoms with Gasteiger partial charge in [0.2, 0.25) is 5.91 Å². The molecule has 0 heterocycles. The summed E-state index contributed by atoms with van der Waals surface area (Å²) in [4.78, 5) is 10.9. The molecule has 0 fully saturated rings. The molecule has 4 nitrogen and oxygen atoms in total. The van der Waals surface area contributed by atoms with Crippen molar-refractivity contribution < 1.29 is 22.7 Å². The minimum Gasteiger partial charge on any atom is -0.484 e. The number of ether oxygens (including phenoxy) is 1. The molecule has 0 aliphatic carbocycles. The zero-order valence-corrected chi connectivity index (χ0v) is 9.46. The van der Waals surface area contributed by atoms with E-state index in [9.17, 15) is 18.0 Å². The molecule has 3 N–H and O–H groups in total. The van der Waals surface area contributed by atoms with Gasteiger partial charge in [-0.2, -0.15) is 13.2 Å². The molecule has 1 amide bonds. The van der Waals surface area contributed by atoms with E-state index in [4.69, 9.17) is 5.73 Å². The van der Waals surface area contributed by atoms with Crippen LogP contribution in [0.25, 0.3) is 0 Å². The molecular formula is C11H13F3N2O2. The van der Waals surface area contributed by atoms with Gasteiger partial charge in [-0.1, -0.05) is 12.1 Å². The third-order valence-electron chi connectivity index (χ3n) is 1.98. The molecule has 1 rings (SSSR count). The quantitative estimate of drug-likeness (QED) is 0.838. The lowest BCUT2D eigenvalue weighted by atomic mass is 10.2. The first kappa shape index (κ1) is 14.3. The summed E-state index contributed by atoms with van der Waals surface area (Å²) in [5.41, 5.74) is 5.74. The van der Waals surface area contributed by atoms with Gasteiger partial charge in [0, 0.05) is 6.54 Å². The van der Waals surface area contributed by atoms with Crippen LogP contribution in [0.4, 0.5) is 13.2 Å². The fourth-order valence-electron chi connectivity index (χ4n) is 1.18. The summed E-state index contributed by atoms with van der Waals surface area (Å²) >= 11 is 0. The Kier molecular flexibility index (Phi) is 4.96. The van der Waals surface area contributed by atoms with Crippen LogP contribution in [-0.4, -0.2) is 25.2 Å². The average Bonchev–Trinajstić information content (AvgIpc) is 2.33. The Morgan fingerprint density at radius 3 is 2.72 bits per heavy atom. The van der Waals surface area contributed by atoms with E-state index in [2.05, 4.69) is 10.1 Å². The molecule has 18 heavy (non-hydrogen) atoms. The second-order valence-corrected chi connectivity index (χ2v) is 3.53. The molecule has 1 aromatic carbocycles. The van der Waals surface area contributed by atoms with Crippen LogP contribution < -0.4 is 15.8 Å². The van der Waals surface area contributed by atoms with Crippen LogP contribution in [0.5, 0.6) is 5.75 Å². The SMILES string of the molecule is NCC(=O)NCc1cccc(OCC(F)(F)F)c1. The topological polar surface area (TPSA) is 64.4 Å². The van der Waals surface area contributed by atoms with Gasteiger partial charge >= 0.3 is 6.18 Å². The van der Waals surface area contributed by atoms with Crippen LogP contribution in [0.3, 0.4) is 0 Å². The molecule has 1 aromatic rings. The fraction of sp³-hybridized carbons (Fsp3) is 0.364. The maximum atomic E-state index is 11.9. The van der Waals surface area contributed by atoms with Crippen molar-refractivity contribution in [3.63, 3.8) is 0 Å². The lowest BCUT2D eigenvalue weighted by molar-refractivity contribution is -0.153. The normalized spacial score (nSPS) is 11.1. The van der Waals surface area contributed by atoms with Crippen molar-refractivity contribution in [2.75, 3.05) is 13.2 Å². The summed E-state index contributed by atoms with van der Waals surface area (Å²) in [7, 11) is 0. The summed E-state index contributed by atoms with van der Waals surface area (Å²) in [6.45, 7) is -1.28. The second kappa shape index (κ2) is 6.25. The molecule has 100 valence electrons. The van der Waals surface area contributed by atoms with Crippen molar-refractivity contribution >= 4 is 5.91 Å². The average molecular weight is 262 g/mol. The van der Waals surface area contributed by atoms with Crippen molar-refractivity contribution in [3.8, 4) is 5.75 Å². The summed E-state index contributed by atoms with van der Waals surface area (Å²) in [6.07, 6.45) is -4.37. The van der Waals surface area contributed by atoms with Gasteiger partial charge in [0.25, 0.3) is 0 Å². The number of carbonyl (C=O) groups excluding carboxylic acids is 1. The molecule has 7 heteroatoms. The van der Waals surface area contributed by atoms with Crippen molar-refractivity contribution in [3.05, 3.63) is 29.8 Å². The summed E-state index contributed by atoms with van der Waals surface area (Å²) in [5.74, 6) is -0.233. The smallest absolute Gasteiger partial charge is 0.422 e. The van der Waals surface area contributed by atoms with Gasteiger partial charge in [0.05, 0.1) is 6.54 Å². The molecule has 0 unspecified atom stereocenters. The molecule has 0 aliphatic heterocycles. The highest BCUT2D eigenvalue weighted by atomic mass is 19.4. The van der Waals surface area contributed by atoms with Crippen LogP contribution >= 0.6 is 0 Å². The van der Waals surface area contributed by atoms with Crippen LogP contribution in [0.2, 0.25) is 0 Å². The van der Waals surface area contributed by atoms with Crippen molar-refractivity contribution in [1.29, 1.82) is 0 Å². The van der Waals surface area contributed by atoms with Gasteiger partial charge in [-0.25, -0.2) is 0 Å². The van der Waals surface area contributed by atoms with Crippen LogP contribution in [-0.2, 0) is 11.3 Å². The van der Waals surface area contributed by atoms with E-state index in [1.807, 2.05) is 0 Å². The third-order valence-corrected chi connectivity index (χ3v) is 1.98. The number of nitrogens with two attached hydrogens (primary N) is 1. The lowest BCUT2D eigenvalue weighted by Crippen LogP contribution is -2.29.